The van der Waals surface area contributed by atoms with Crippen molar-refractivity contribution >= 4 is 28.7 Å². The van der Waals surface area contributed by atoms with E-state index in [0.29, 0.717) is 6.42 Å². The summed E-state index contributed by atoms with van der Waals surface area (Å²) in [5.41, 5.74) is 8.06. The van der Waals surface area contributed by atoms with Crippen molar-refractivity contribution in [2.24, 2.45) is 4.99 Å². The van der Waals surface area contributed by atoms with Gasteiger partial charge in [-0.2, -0.15) is 0 Å². The number of aryl methyl sites for hydroxylation is 1. The van der Waals surface area contributed by atoms with Gasteiger partial charge in [0, 0.05) is 47.2 Å². The van der Waals surface area contributed by atoms with E-state index in [1.54, 1.807) is 0 Å². The number of para-hydroxylation sites is 1. The Hall–Kier alpha value is -3.99. The van der Waals surface area contributed by atoms with E-state index >= 15 is 0 Å². The molecule has 1 amide bonds. The van der Waals surface area contributed by atoms with Gasteiger partial charge in [0.25, 0.3) is 0 Å². The Kier molecular flexibility index (Phi) is 4.92. The second-order valence-corrected chi connectivity index (χ2v) is 7.68. The summed E-state index contributed by atoms with van der Waals surface area (Å²) in [6.07, 6.45) is 8.62. The molecule has 0 radical (unpaired) electrons. The van der Waals surface area contributed by atoms with E-state index in [1.807, 2.05) is 74.1 Å². The fourth-order valence-corrected chi connectivity index (χ4v) is 4.03. The highest BCUT2D eigenvalue weighted by Gasteiger charge is 2.13. The molecule has 5 nitrogen and oxygen atoms in total. The Balaban J connectivity index is 1.34. The molecule has 5 rings (SSSR count). The molecule has 31 heavy (non-hydrogen) atoms. The van der Waals surface area contributed by atoms with Gasteiger partial charge < -0.3 is 10.3 Å². The van der Waals surface area contributed by atoms with E-state index < -0.39 is 0 Å². The van der Waals surface area contributed by atoms with Gasteiger partial charge in [-0.3, -0.25) is 14.8 Å². The van der Waals surface area contributed by atoms with E-state index in [1.165, 1.54) is 0 Å². The van der Waals surface area contributed by atoms with Crippen molar-refractivity contribution in [1.29, 1.82) is 0 Å². The van der Waals surface area contributed by atoms with E-state index in [9.17, 15) is 4.79 Å². The van der Waals surface area contributed by atoms with Gasteiger partial charge in [-0.05, 0) is 35.7 Å². The van der Waals surface area contributed by atoms with Gasteiger partial charge in [-0.15, -0.1) is 0 Å². The Morgan fingerprint density at radius 3 is 2.81 bits per heavy atom. The lowest BCUT2D eigenvalue weighted by Crippen LogP contribution is -2.14. The molecule has 1 aliphatic rings. The predicted molar refractivity (Wildman–Crippen MR) is 125 cm³/mol. The molecule has 0 unspecified atom stereocenters. The van der Waals surface area contributed by atoms with Crippen LogP contribution in [0.5, 0.6) is 0 Å². The van der Waals surface area contributed by atoms with Crippen LogP contribution >= 0.6 is 0 Å². The van der Waals surface area contributed by atoms with Crippen molar-refractivity contribution in [3.05, 3.63) is 95.6 Å². The molecule has 0 atom stereocenters. The molecule has 0 spiro atoms. The number of carbonyl (C=O) groups is 1. The summed E-state index contributed by atoms with van der Waals surface area (Å²) in [5.74, 6) is -0.0309. The van der Waals surface area contributed by atoms with Crippen molar-refractivity contribution in [2.75, 3.05) is 5.32 Å². The first-order valence-corrected chi connectivity index (χ1v) is 10.3. The van der Waals surface area contributed by atoms with Gasteiger partial charge in [0.15, 0.2) is 0 Å². The Bertz CT molecular complexity index is 1330. The minimum atomic E-state index is -0.0309. The number of aromatic nitrogens is 2. The van der Waals surface area contributed by atoms with Crippen LogP contribution in [0.15, 0.2) is 78.1 Å². The molecule has 4 aromatic rings. The van der Waals surface area contributed by atoms with Crippen LogP contribution in [0, 0.1) is 6.92 Å². The number of nitrogens with one attached hydrogen (secondary N) is 2. The lowest BCUT2D eigenvalue weighted by Gasteiger charge is -2.10. The summed E-state index contributed by atoms with van der Waals surface area (Å²) in [7, 11) is 0. The second kappa shape index (κ2) is 8.03. The smallest absolute Gasteiger partial charge is 0.228 e. The summed E-state index contributed by atoms with van der Waals surface area (Å²) in [6.45, 7) is 1.97. The minimum absolute atomic E-state index is 0.0309. The normalized spacial score (nSPS) is 12.5. The molecule has 0 fully saturated rings. The lowest BCUT2D eigenvalue weighted by atomic mass is 9.97. The molecule has 2 N–H and O–H groups in total. The van der Waals surface area contributed by atoms with Crippen molar-refractivity contribution < 1.29 is 4.79 Å². The number of hydrogen-bond donors (Lipinski definition) is 2. The average molecular weight is 406 g/mol. The number of nitrogens with zero attached hydrogens (tertiary/aromatic N) is 2. The zero-order valence-corrected chi connectivity index (χ0v) is 17.2. The third kappa shape index (κ3) is 3.78. The Morgan fingerprint density at radius 2 is 1.94 bits per heavy atom. The lowest BCUT2D eigenvalue weighted by molar-refractivity contribution is -0.115. The van der Waals surface area contributed by atoms with Crippen LogP contribution in [0.2, 0.25) is 0 Å². The number of hydrogen-bond acceptors (Lipinski definition) is 3. The zero-order chi connectivity index (χ0) is 21.2. The Labute approximate surface area is 180 Å². The highest BCUT2D eigenvalue weighted by molar-refractivity contribution is 6.03. The number of aliphatic imine (C=N–C) groups is 1. The monoisotopic (exact) mass is 406 g/mol. The van der Waals surface area contributed by atoms with Gasteiger partial charge in [-0.1, -0.05) is 48.5 Å². The van der Waals surface area contributed by atoms with Crippen LogP contribution in [-0.2, 0) is 17.6 Å². The van der Waals surface area contributed by atoms with Crippen LogP contribution in [0.1, 0.15) is 22.5 Å². The fraction of sp³-hybridized carbons (Fsp3) is 0.115. The van der Waals surface area contributed by atoms with Crippen LogP contribution in [0.3, 0.4) is 0 Å². The van der Waals surface area contributed by atoms with E-state index in [4.69, 9.17) is 0 Å². The maximum Gasteiger partial charge on any atom is 0.228 e. The molecule has 2 aromatic heterocycles. The average Bonchev–Trinajstić information content (AvgIpc) is 2.94. The first-order chi connectivity index (χ1) is 15.2. The number of pyridine rings is 1. The molecule has 5 heteroatoms. The Morgan fingerprint density at radius 1 is 1.10 bits per heavy atom. The highest BCUT2D eigenvalue weighted by Crippen LogP contribution is 2.28. The van der Waals surface area contributed by atoms with Gasteiger partial charge in [0.2, 0.25) is 5.91 Å². The van der Waals surface area contributed by atoms with Gasteiger partial charge in [0.1, 0.15) is 0 Å². The van der Waals surface area contributed by atoms with E-state index in [-0.39, 0.29) is 5.91 Å². The molecule has 0 aliphatic carbocycles. The number of benzene rings is 2. The molecular formula is C26H22N4O. The molecular weight excluding hydrogens is 384 g/mol. The number of carbonyl (C=O) groups excluding carboxylic acids is 1. The number of fused-ring (bicyclic) bond motifs is 2. The van der Waals surface area contributed by atoms with E-state index in [2.05, 4.69) is 32.4 Å². The van der Waals surface area contributed by atoms with Crippen molar-refractivity contribution in [2.45, 2.75) is 19.8 Å². The van der Waals surface area contributed by atoms with E-state index in [0.717, 1.165) is 56.7 Å². The summed E-state index contributed by atoms with van der Waals surface area (Å²) >= 11 is 0. The predicted octanol–water partition coefficient (Wildman–Crippen LogP) is 5.21. The van der Waals surface area contributed by atoms with Gasteiger partial charge in [0.05, 0.1) is 17.8 Å². The van der Waals surface area contributed by atoms with Crippen LogP contribution in [0.4, 0.5) is 5.69 Å². The topological polar surface area (TPSA) is 70.1 Å². The number of aromatic amines is 1. The molecule has 0 bridgehead atoms. The largest absolute Gasteiger partial charge is 0.357 e. The van der Waals surface area contributed by atoms with Crippen LogP contribution in [0.25, 0.3) is 22.0 Å². The summed E-state index contributed by atoms with van der Waals surface area (Å²) in [4.78, 5) is 24.8. The van der Waals surface area contributed by atoms with Crippen molar-refractivity contribution in [3.63, 3.8) is 0 Å². The highest BCUT2D eigenvalue weighted by atomic mass is 16.1. The van der Waals surface area contributed by atoms with Crippen molar-refractivity contribution in [3.8, 4) is 11.1 Å². The third-order valence-corrected chi connectivity index (χ3v) is 5.57. The maximum absolute atomic E-state index is 12.7. The zero-order valence-electron chi connectivity index (χ0n) is 17.2. The number of rotatable bonds is 4. The van der Waals surface area contributed by atoms with Gasteiger partial charge in [-0.25, -0.2) is 0 Å². The fourth-order valence-electron chi connectivity index (χ4n) is 4.03. The SMILES string of the molecule is Cc1[nH]c2ccccc2c1NC(=O)Cc1ccc(-c2ccnc3c2C=NC=CC3)cc1. The molecule has 0 saturated heterocycles. The standard InChI is InChI=1S/C26H22N4O/c1-17-26(21-5-2-3-6-24(21)29-17)30-25(31)15-18-8-10-19(11-9-18)20-12-14-28-23-7-4-13-27-16-22(20)23/h2-6,8-14,16,29H,7,15H2,1H3,(H,30,31). The molecule has 2 aromatic carbocycles. The number of allylic oxidation sites excluding steroid dienone is 1. The number of anilines is 1. The molecule has 0 saturated carbocycles. The first kappa shape index (κ1) is 19.0. The van der Waals surface area contributed by atoms with Gasteiger partial charge >= 0.3 is 0 Å². The van der Waals surface area contributed by atoms with Crippen molar-refractivity contribution in [1.82, 2.24) is 9.97 Å². The second-order valence-electron chi connectivity index (χ2n) is 7.68. The minimum Gasteiger partial charge on any atom is -0.357 e. The molecule has 152 valence electrons. The summed E-state index contributed by atoms with van der Waals surface area (Å²) in [5, 5.41) is 4.10. The number of H-pyrrole nitrogens is 1. The molecule has 1 aliphatic heterocycles. The summed E-state index contributed by atoms with van der Waals surface area (Å²) in [6, 6.07) is 18.1. The first-order valence-electron chi connectivity index (χ1n) is 10.3. The number of amides is 1. The quantitative estimate of drug-likeness (QED) is 0.488. The van der Waals surface area contributed by atoms with Crippen LogP contribution < -0.4 is 5.32 Å². The third-order valence-electron chi connectivity index (χ3n) is 5.57. The van der Waals surface area contributed by atoms with Crippen LogP contribution in [-0.4, -0.2) is 22.1 Å². The molecule has 3 heterocycles. The summed E-state index contributed by atoms with van der Waals surface area (Å²) < 4.78 is 0. The maximum atomic E-state index is 12.7.